The fourth-order valence-corrected chi connectivity index (χ4v) is 5.90. The summed E-state index contributed by atoms with van der Waals surface area (Å²) in [6, 6.07) is 19.3. The molecule has 0 aromatic heterocycles. The zero-order chi connectivity index (χ0) is 28.7. The second-order valence-electron chi connectivity index (χ2n) is 9.72. The van der Waals surface area contributed by atoms with Crippen molar-refractivity contribution >= 4 is 55.1 Å². The van der Waals surface area contributed by atoms with E-state index in [1.165, 1.54) is 23.1 Å². The molecule has 0 unspecified atom stereocenters. The Morgan fingerprint density at radius 3 is 2.28 bits per heavy atom. The van der Waals surface area contributed by atoms with E-state index in [2.05, 4.69) is 21.2 Å². The Kier molecular flexibility index (Phi) is 10.6. The van der Waals surface area contributed by atoms with Gasteiger partial charge in [0, 0.05) is 22.6 Å². The molecule has 39 heavy (non-hydrogen) atoms. The van der Waals surface area contributed by atoms with Gasteiger partial charge in [0.15, 0.2) is 0 Å². The van der Waals surface area contributed by atoms with Crippen molar-refractivity contribution in [2.24, 2.45) is 5.92 Å². The molecule has 0 radical (unpaired) electrons. The highest BCUT2D eigenvalue weighted by atomic mass is 79.9. The van der Waals surface area contributed by atoms with Crippen LogP contribution in [0.15, 0.2) is 82.2 Å². The van der Waals surface area contributed by atoms with Gasteiger partial charge in [0.1, 0.15) is 12.6 Å². The number of nitrogens with one attached hydrogen (secondary N) is 1. The third kappa shape index (κ3) is 8.06. The number of anilines is 1. The van der Waals surface area contributed by atoms with Crippen LogP contribution in [-0.4, -0.2) is 44.3 Å². The lowest BCUT2D eigenvalue weighted by Gasteiger charge is -2.32. The largest absolute Gasteiger partial charge is 0.354 e. The summed E-state index contributed by atoms with van der Waals surface area (Å²) in [4.78, 5) is 28.4. The molecule has 0 aliphatic rings. The Morgan fingerprint density at radius 1 is 0.974 bits per heavy atom. The van der Waals surface area contributed by atoms with Gasteiger partial charge in [-0.2, -0.15) is 0 Å². The van der Waals surface area contributed by atoms with Crippen LogP contribution in [0.2, 0.25) is 5.02 Å². The zero-order valence-corrected chi connectivity index (χ0v) is 25.6. The first-order valence-corrected chi connectivity index (χ1v) is 15.2. The first-order chi connectivity index (χ1) is 18.4. The number of aryl methyl sites for hydroxylation is 1. The topological polar surface area (TPSA) is 86.8 Å². The van der Waals surface area contributed by atoms with Crippen LogP contribution >= 0.6 is 27.5 Å². The molecule has 0 aliphatic carbocycles. The molecule has 3 aromatic rings. The third-order valence-corrected chi connectivity index (χ3v) is 8.84. The van der Waals surface area contributed by atoms with Gasteiger partial charge in [-0.05, 0) is 67.3 Å². The maximum Gasteiger partial charge on any atom is 0.264 e. The van der Waals surface area contributed by atoms with Gasteiger partial charge in [0.25, 0.3) is 10.0 Å². The summed E-state index contributed by atoms with van der Waals surface area (Å²) in [5.74, 6) is -0.616. The molecule has 3 rings (SSSR count). The van der Waals surface area contributed by atoms with E-state index in [-0.39, 0.29) is 29.0 Å². The molecule has 0 spiro atoms. The number of amides is 2. The van der Waals surface area contributed by atoms with E-state index in [0.717, 1.165) is 19.9 Å². The van der Waals surface area contributed by atoms with Crippen LogP contribution in [0.25, 0.3) is 0 Å². The standard InChI is InChI=1S/C29H33BrClN3O4S/c1-20(2)17-32-29(36)22(4)33(18-23-9-8-10-24(30)15-23)28(35)19-34(25-14-13-21(3)27(31)16-25)39(37,38)26-11-6-5-7-12-26/h5-16,20,22H,17-19H2,1-4H3,(H,32,36)/t22-/m0/s1. The quantitative estimate of drug-likeness (QED) is 0.289. The number of carbonyl (C=O) groups excluding carboxylic acids is 2. The molecule has 7 nitrogen and oxygen atoms in total. The Bertz CT molecular complexity index is 1420. The second-order valence-corrected chi connectivity index (χ2v) is 12.9. The van der Waals surface area contributed by atoms with Gasteiger partial charge < -0.3 is 10.2 Å². The van der Waals surface area contributed by atoms with Crippen molar-refractivity contribution in [2.75, 3.05) is 17.4 Å². The number of benzene rings is 3. The van der Waals surface area contributed by atoms with E-state index in [1.54, 1.807) is 37.3 Å². The first kappa shape index (κ1) is 30.7. The second kappa shape index (κ2) is 13.5. The fourth-order valence-electron chi connectivity index (χ4n) is 3.85. The summed E-state index contributed by atoms with van der Waals surface area (Å²) < 4.78 is 29.5. The van der Waals surface area contributed by atoms with Crippen LogP contribution in [0.3, 0.4) is 0 Å². The first-order valence-electron chi connectivity index (χ1n) is 12.6. The Balaban J connectivity index is 2.03. The molecule has 0 fully saturated rings. The predicted molar refractivity (Wildman–Crippen MR) is 159 cm³/mol. The molecule has 1 atom stereocenters. The molecule has 3 aromatic carbocycles. The van der Waals surface area contributed by atoms with E-state index in [0.29, 0.717) is 11.6 Å². The maximum absolute atomic E-state index is 13.9. The minimum atomic E-state index is -4.14. The average molecular weight is 635 g/mol. The smallest absolute Gasteiger partial charge is 0.264 e. The van der Waals surface area contributed by atoms with Gasteiger partial charge in [-0.15, -0.1) is 0 Å². The van der Waals surface area contributed by atoms with Crippen molar-refractivity contribution < 1.29 is 18.0 Å². The SMILES string of the molecule is Cc1ccc(N(CC(=O)N(Cc2cccc(Br)c2)[C@@H](C)C(=O)NCC(C)C)S(=O)(=O)c2ccccc2)cc1Cl. The summed E-state index contributed by atoms with van der Waals surface area (Å²) in [6.45, 7) is 7.46. The van der Waals surface area contributed by atoms with Gasteiger partial charge in [0.05, 0.1) is 10.6 Å². The monoisotopic (exact) mass is 633 g/mol. The highest BCUT2D eigenvalue weighted by Crippen LogP contribution is 2.28. The molecule has 0 heterocycles. The van der Waals surface area contributed by atoms with Crippen LogP contribution in [0.5, 0.6) is 0 Å². The number of carbonyl (C=O) groups is 2. The molecule has 2 amide bonds. The van der Waals surface area contributed by atoms with Crippen LogP contribution < -0.4 is 9.62 Å². The molecule has 0 saturated heterocycles. The van der Waals surface area contributed by atoms with Crippen molar-refractivity contribution in [3.63, 3.8) is 0 Å². The Labute approximate surface area is 244 Å². The third-order valence-electron chi connectivity index (χ3n) is 6.15. The lowest BCUT2D eigenvalue weighted by atomic mass is 10.1. The summed E-state index contributed by atoms with van der Waals surface area (Å²) in [7, 11) is -4.14. The van der Waals surface area contributed by atoms with Crippen molar-refractivity contribution in [1.29, 1.82) is 0 Å². The minimum Gasteiger partial charge on any atom is -0.354 e. The average Bonchev–Trinajstić information content (AvgIpc) is 2.90. The number of hydrogen-bond donors (Lipinski definition) is 1. The molecule has 0 aliphatic heterocycles. The maximum atomic E-state index is 13.9. The molecular weight excluding hydrogens is 602 g/mol. The molecule has 1 N–H and O–H groups in total. The van der Waals surface area contributed by atoms with E-state index in [4.69, 9.17) is 11.6 Å². The normalized spacial score (nSPS) is 12.2. The Hall–Kier alpha value is -2.88. The highest BCUT2D eigenvalue weighted by Gasteiger charge is 2.32. The zero-order valence-electron chi connectivity index (χ0n) is 22.4. The van der Waals surface area contributed by atoms with Crippen molar-refractivity contribution in [3.8, 4) is 0 Å². The van der Waals surface area contributed by atoms with Crippen molar-refractivity contribution in [1.82, 2.24) is 10.2 Å². The lowest BCUT2D eigenvalue weighted by Crippen LogP contribution is -2.51. The van der Waals surface area contributed by atoms with Gasteiger partial charge in [-0.25, -0.2) is 8.42 Å². The lowest BCUT2D eigenvalue weighted by molar-refractivity contribution is -0.139. The van der Waals surface area contributed by atoms with Gasteiger partial charge in [-0.3, -0.25) is 13.9 Å². The van der Waals surface area contributed by atoms with Crippen LogP contribution in [-0.2, 0) is 26.2 Å². The highest BCUT2D eigenvalue weighted by molar-refractivity contribution is 9.10. The van der Waals surface area contributed by atoms with E-state index < -0.39 is 28.5 Å². The number of rotatable bonds is 11. The van der Waals surface area contributed by atoms with Crippen LogP contribution in [0.1, 0.15) is 31.9 Å². The van der Waals surface area contributed by atoms with Crippen LogP contribution in [0.4, 0.5) is 5.69 Å². The Morgan fingerprint density at radius 2 is 1.67 bits per heavy atom. The number of nitrogens with zero attached hydrogens (tertiary/aromatic N) is 2. The van der Waals surface area contributed by atoms with E-state index in [1.807, 2.05) is 45.0 Å². The van der Waals surface area contributed by atoms with Crippen molar-refractivity contribution in [2.45, 2.75) is 45.2 Å². The summed E-state index contributed by atoms with van der Waals surface area (Å²) in [6.07, 6.45) is 0. The van der Waals surface area contributed by atoms with E-state index >= 15 is 0 Å². The van der Waals surface area contributed by atoms with Gasteiger partial charge in [0.2, 0.25) is 11.8 Å². The molecular formula is C29H33BrClN3O4S. The summed E-state index contributed by atoms with van der Waals surface area (Å²) in [5.41, 5.74) is 1.81. The predicted octanol–water partition coefficient (Wildman–Crippen LogP) is 5.80. The molecule has 0 saturated carbocycles. The summed E-state index contributed by atoms with van der Waals surface area (Å²) >= 11 is 9.80. The molecule has 10 heteroatoms. The molecule has 0 bridgehead atoms. The fraction of sp³-hybridized carbons (Fsp3) is 0.310. The van der Waals surface area contributed by atoms with Crippen molar-refractivity contribution in [3.05, 3.63) is 93.4 Å². The molecule has 208 valence electrons. The number of sulfonamides is 1. The number of hydrogen-bond acceptors (Lipinski definition) is 4. The van der Waals surface area contributed by atoms with E-state index in [9.17, 15) is 18.0 Å². The summed E-state index contributed by atoms with van der Waals surface area (Å²) in [5, 5.41) is 3.25. The van der Waals surface area contributed by atoms with Gasteiger partial charge >= 0.3 is 0 Å². The number of halogens is 2. The van der Waals surface area contributed by atoms with Gasteiger partial charge in [-0.1, -0.05) is 77.8 Å². The van der Waals surface area contributed by atoms with Crippen LogP contribution in [0, 0.1) is 12.8 Å². The minimum absolute atomic E-state index is 0.0377.